The molecule has 0 saturated heterocycles. The number of aromatic hydroxyl groups is 1. The van der Waals surface area contributed by atoms with Crippen LogP contribution >= 0.6 is 0 Å². The topological polar surface area (TPSA) is 132 Å². The number of alkyl halides is 3. The van der Waals surface area contributed by atoms with Gasteiger partial charge in [0.05, 0.1) is 17.9 Å². The second-order valence-electron chi connectivity index (χ2n) is 10.4. The number of phenolic OH excluding ortho intramolecular Hbond substituents is 1. The number of fused-ring (bicyclic) bond motifs is 1. The zero-order valence-electron chi connectivity index (χ0n) is 23.3. The lowest BCUT2D eigenvalue weighted by Crippen LogP contribution is -2.38. The van der Waals surface area contributed by atoms with Gasteiger partial charge in [-0.2, -0.15) is 13.2 Å². The Morgan fingerprint density at radius 2 is 1.85 bits per heavy atom. The van der Waals surface area contributed by atoms with Crippen molar-refractivity contribution in [2.24, 2.45) is 16.5 Å². The highest BCUT2D eigenvalue weighted by atomic mass is 19.4. The van der Waals surface area contributed by atoms with Gasteiger partial charge >= 0.3 is 6.18 Å². The van der Waals surface area contributed by atoms with Gasteiger partial charge in [0.2, 0.25) is 0 Å². The van der Waals surface area contributed by atoms with Gasteiger partial charge in [-0.15, -0.1) is 0 Å². The molecule has 1 aliphatic heterocycles. The minimum atomic E-state index is -4.72. The maximum atomic E-state index is 14.0. The lowest BCUT2D eigenvalue weighted by molar-refractivity contribution is -0.139. The first-order valence-electron chi connectivity index (χ1n) is 13.0. The third kappa shape index (κ3) is 6.50. The summed E-state index contributed by atoms with van der Waals surface area (Å²) in [4.78, 5) is 16.6. The van der Waals surface area contributed by atoms with E-state index in [1.807, 2.05) is 27.7 Å². The molecule has 6 N–H and O–H groups in total. The van der Waals surface area contributed by atoms with Gasteiger partial charge in [-0.05, 0) is 93.6 Å². The van der Waals surface area contributed by atoms with Crippen LogP contribution in [0.15, 0.2) is 47.5 Å². The number of halogens is 3. The minimum Gasteiger partial charge on any atom is -0.507 e. The molecule has 4 rings (SSSR count). The molecular weight excluding hydrogens is 537 g/mol. The first-order valence-corrected chi connectivity index (χ1v) is 13.0. The van der Waals surface area contributed by atoms with Crippen molar-refractivity contribution in [3.8, 4) is 17.2 Å². The van der Waals surface area contributed by atoms with Crippen LogP contribution in [0.5, 0.6) is 17.2 Å². The molecule has 3 aromatic rings. The van der Waals surface area contributed by atoms with Crippen molar-refractivity contribution in [3.63, 3.8) is 0 Å². The number of ether oxygens (including phenoxy) is 2. The average Bonchev–Trinajstić information content (AvgIpc) is 2.90. The lowest BCUT2D eigenvalue weighted by atomic mass is 9.86. The summed E-state index contributed by atoms with van der Waals surface area (Å²) in [6.45, 7) is 7.44. The first kappa shape index (κ1) is 29.6. The number of nitrogens with zero attached hydrogens (tertiary/aromatic N) is 1. The molecule has 1 heterocycles. The summed E-state index contributed by atoms with van der Waals surface area (Å²) in [5.41, 5.74) is 12.8. The Labute approximate surface area is 236 Å². The van der Waals surface area contributed by atoms with E-state index in [0.29, 0.717) is 30.7 Å². The molecule has 3 aromatic carbocycles. The molecule has 1 atom stereocenters. The zero-order valence-corrected chi connectivity index (χ0v) is 23.3. The summed E-state index contributed by atoms with van der Waals surface area (Å²) in [6, 6.07) is 9.40. The van der Waals surface area contributed by atoms with Crippen LogP contribution in [0, 0.1) is 20.8 Å². The number of rotatable bonds is 7. The maximum absolute atomic E-state index is 14.0. The summed E-state index contributed by atoms with van der Waals surface area (Å²) < 4.78 is 53.9. The number of carbonyl (C=O) groups excluding carboxylic acids is 1. The predicted octanol–water partition coefficient (Wildman–Crippen LogP) is 6.05. The van der Waals surface area contributed by atoms with E-state index in [1.165, 1.54) is 24.3 Å². The Morgan fingerprint density at radius 1 is 1.12 bits per heavy atom. The normalized spacial score (nSPS) is 16.4. The van der Waals surface area contributed by atoms with Crippen LogP contribution in [-0.4, -0.2) is 29.2 Å². The molecule has 8 nitrogen and oxygen atoms in total. The largest absolute Gasteiger partial charge is 0.507 e. The number of guanidine groups is 1. The highest BCUT2D eigenvalue weighted by molar-refractivity contribution is 6.05. The summed E-state index contributed by atoms with van der Waals surface area (Å²) in [5, 5.41) is 12.9. The van der Waals surface area contributed by atoms with Crippen LogP contribution in [-0.2, 0) is 12.6 Å². The number of benzene rings is 3. The van der Waals surface area contributed by atoms with Gasteiger partial charge in [-0.3, -0.25) is 4.79 Å². The number of anilines is 1. The van der Waals surface area contributed by atoms with Gasteiger partial charge in [-0.1, -0.05) is 6.07 Å². The fourth-order valence-corrected chi connectivity index (χ4v) is 4.87. The van der Waals surface area contributed by atoms with Crippen molar-refractivity contribution in [3.05, 3.63) is 75.8 Å². The molecule has 41 heavy (non-hydrogen) atoms. The van der Waals surface area contributed by atoms with Crippen molar-refractivity contribution in [1.82, 2.24) is 0 Å². The number of hydrogen-bond donors (Lipinski definition) is 4. The number of hydrogen-bond acceptors (Lipinski definition) is 5. The molecule has 218 valence electrons. The molecule has 0 saturated carbocycles. The van der Waals surface area contributed by atoms with E-state index >= 15 is 0 Å². The minimum absolute atomic E-state index is 0.0205. The SMILES string of the molecule is Cc1c(C)c2c(c(C)c1O)CCC(C)(CCOc1ccc(NC(=O)c3cccc(N=C(N)N)c3)cc1C(F)(F)F)O2. The van der Waals surface area contributed by atoms with Crippen molar-refractivity contribution in [2.45, 2.75) is 58.7 Å². The number of phenols is 1. The standard InChI is InChI=1S/C30H33F3N4O4/c1-16-17(2)26-22(18(3)25(16)38)10-11-29(4,41-26)12-13-40-24-9-8-21(15-23(24)30(31,32)33)36-27(39)19-6-5-7-20(14-19)37-28(34)35/h5-9,14-15,38H,10-13H2,1-4H3,(H,36,39)(H4,34,35,37). The molecule has 0 fully saturated rings. The highest BCUT2D eigenvalue weighted by Gasteiger charge is 2.37. The van der Waals surface area contributed by atoms with Gasteiger partial charge in [0.25, 0.3) is 5.91 Å². The number of aliphatic imine (C=N–C) groups is 1. The molecule has 0 aliphatic carbocycles. The van der Waals surface area contributed by atoms with E-state index < -0.39 is 23.2 Å². The zero-order chi connectivity index (χ0) is 30.1. The predicted molar refractivity (Wildman–Crippen MR) is 151 cm³/mol. The Hall–Kier alpha value is -4.41. The first-order chi connectivity index (χ1) is 19.2. The smallest absolute Gasteiger partial charge is 0.420 e. The maximum Gasteiger partial charge on any atom is 0.420 e. The summed E-state index contributed by atoms with van der Waals surface area (Å²) in [6.07, 6.45) is -3.09. The van der Waals surface area contributed by atoms with Crippen LogP contribution in [0.1, 0.15) is 57.9 Å². The number of amides is 1. The number of nitrogens with two attached hydrogens (primary N) is 2. The van der Waals surface area contributed by atoms with Crippen LogP contribution in [0.25, 0.3) is 0 Å². The number of nitrogens with one attached hydrogen (secondary N) is 1. The second kappa shape index (κ2) is 11.2. The van der Waals surface area contributed by atoms with E-state index in [2.05, 4.69) is 10.3 Å². The molecule has 1 unspecified atom stereocenters. The second-order valence-corrected chi connectivity index (χ2v) is 10.4. The van der Waals surface area contributed by atoms with Crippen LogP contribution < -0.4 is 26.3 Å². The fraction of sp³-hybridized carbons (Fsp3) is 0.333. The van der Waals surface area contributed by atoms with Crippen molar-refractivity contribution < 1.29 is 32.5 Å². The third-order valence-electron chi connectivity index (χ3n) is 7.39. The molecule has 11 heteroatoms. The van der Waals surface area contributed by atoms with Gasteiger partial charge in [0.1, 0.15) is 22.8 Å². The van der Waals surface area contributed by atoms with E-state index in [0.717, 1.165) is 28.3 Å². The Kier molecular flexibility index (Phi) is 8.10. The van der Waals surface area contributed by atoms with Crippen LogP contribution in [0.4, 0.5) is 24.5 Å². The monoisotopic (exact) mass is 570 g/mol. The Balaban J connectivity index is 1.47. The number of carbonyl (C=O) groups is 1. The van der Waals surface area contributed by atoms with Crippen molar-refractivity contribution in [1.29, 1.82) is 0 Å². The van der Waals surface area contributed by atoms with Crippen LogP contribution in [0.2, 0.25) is 0 Å². The molecule has 0 bridgehead atoms. The van der Waals surface area contributed by atoms with E-state index in [-0.39, 0.29) is 35.3 Å². The molecule has 1 amide bonds. The summed E-state index contributed by atoms with van der Waals surface area (Å²) >= 11 is 0. The Morgan fingerprint density at radius 3 is 2.54 bits per heavy atom. The fourth-order valence-electron chi connectivity index (χ4n) is 4.87. The average molecular weight is 571 g/mol. The molecule has 1 aliphatic rings. The molecule has 0 spiro atoms. The molecule has 0 radical (unpaired) electrons. The van der Waals surface area contributed by atoms with Gasteiger partial charge in [-0.25, -0.2) is 4.99 Å². The van der Waals surface area contributed by atoms with E-state index in [1.54, 1.807) is 12.1 Å². The third-order valence-corrected chi connectivity index (χ3v) is 7.39. The van der Waals surface area contributed by atoms with Crippen molar-refractivity contribution >= 4 is 23.2 Å². The van der Waals surface area contributed by atoms with Gasteiger partial charge in [0, 0.05) is 23.2 Å². The Bertz CT molecular complexity index is 1520. The molecular formula is C30H33F3N4O4. The quantitative estimate of drug-likeness (QED) is 0.202. The van der Waals surface area contributed by atoms with Crippen molar-refractivity contribution in [2.75, 3.05) is 11.9 Å². The van der Waals surface area contributed by atoms with Gasteiger partial charge in [0.15, 0.2) is 5.96 Å². The summed E-state index contributed by atoms with van der Waals surface area (Å²) in [7, 11) is 0. The van der Waals surface area contributed by atoms with E-state index in [9.17, 15) is 23.1 Å². The van der Waals surface area contributed by atoms with Gasteiger partial charge < -0.3 is 31.4 Å². The van der Waals surface area contributed by atoms with Crippen LogP contribution in [0.3, 0.4) is 0 Å². The molecule has 0 aromatic heterocycles. The van der Waals surface area contributed by atoms with E-state index in [4.69, 9.17) is 20.9 Å². The highest BCUT2D eigenvalue weighted by Crippen LogP contribution is 2.44. The lowest BCUT2D eigenvalue weighted by Gasteiger charge is -2.38. The summed E-state index contributed by atoms with van der Waals surface area (Å²) in [5.74, 6) is -0.196.